The van der Waals surface area contributed by atoms with Crippen molar-refractivity contribution in [1.29, 1.82) is 10.5 Å². The summed E-state index contributed by atoms with van der Waals surface area (Å²) in [6, 6.07) is 0. The van der Waals surface area contributed by atoms with Gasteiger partial charge in [-0.15, -0.1) is 0 Å². The van der Waals surface area contributed by atoms with Gasteiger partial charge in [0.1, 0.15) is 10.8 Å². The molecule has 0 aromatic heterocycles. The number of thiocyanates is 2. The van der Waals surface area contributed by atoms with Crippen molar-refractivity contribution < 1.29 is 27.3 Å². The van der Waals surface area contributed by atoms with Gasteiger partial charge in [-0.25, -0.2) is 0 Å². The van der Waals surface area contributed by atoms with Crippen molar-refractivity contribution >= 4 is 25.3 Å². The molecule has 0 bridgehead atoms. The number of hydrogen-bond donors (Lipinski definition) is 2. The van der Waals surface area contributed by atoms with Gasteiger partial charge in [-0.1, -0.05) is 25.3 Å². The number of hydrogen-bond acceptors (Lipinski definition) is 4. The molecule has 7 heavy (non-hydrogen) atoms. The van der Waals surface area contributed by atoms with Gasteiger partial charge in [0.05, 0.1) is 0 Å². The van der Waals surface area contributed by atoms with E-state index >= 15 is 0 Å². The first kappa shape index (κ1) is 15.6. The van der Waals surface area contributed by atoms with Crippen LogP contribution >= 0.6 is 25.3 Å². The summed E-state index contributed by atoms with van der Waals surface area (Å²) in [6.45, 7) is 0. The SMILES string of the molecule is N#CS.N#CS.[Cd]. The molecule has 0 aromatic rings. The third-order valence-corrected chi connectivity index (χ3v) is 0. The summed E-state index contributed by atoms with van der Waals surface area (Å²) >= 11 is 6.19. The Kier molecular flexibility index (Phi) is 68.4. The molecular formula is C2H2CdN2S2. The number of thiol groups is 2. The maximum atomic E-state index is 7.18. The van der Waals surface area contributed by atoms with E-state index in [2.05, 4.69) is 25.3 Å². The Balaban J connectivity index is -0.0000000400. The van der Waals surface area contributed by atoms with E-state index in [0.717, 1.165) is 0 Å². The first-order chi connectivity index (χ1) is 2.83. The molecule has 0 heterocycles. The Hall–Kier alpha value is 0.602. The minimum Gasteiger partial charge on any atom is -0.185 e. The molecule has 34 valence electrons. The zero-order chi connectivity index (χ0) is 5.41. The van der Waals surface area contributed by atoms with E-state index < -0.39 is 0 Å². The van der Waals surface area contributed by atoms with Gasteiger partial charge >= 0.3 is 0 Å². The summed E-state index contributed by atoms with van der Waals surface area (Å²) in [7, 11) is 0. The molecule has 0 N–H and O–H groups in total. The number of rotatable bonds is 0. The van der Waals surface area contributed by atoms with E-state index in [-0.39, 0.29) is 27.3 Å². The molecule has 0 amide bonds. The van der Waals surface area contributed by atoms with Crippen LogP contribution in [0.4, 0.5) is 0 Å². The Morgan fingerprint density at radius 3 is 1.00 bits per heavy atom. The molecule has 0 atom stereocenters. The summed E-state index contributed by atoms with van der Waals surface area (Å²) < 4.78 is 0. The molecule has 0 aliphatic rings. The van der Waals surface area contributed by atoms with Gasteiger partial charge in [0.15, 0.2) is 0 Å². The normalized spacial score (nSPS) is 2.29. The van der Waals surface area contributed by atoms with Crippen LogP contribution in [0.3, 0.4) is 0 Å². The van der Waals surface area contributed by atoms with E-state index in [1.165, 1.54) is 10.8 Å². The van der Waals surface area contributed by atoms with Crippen molar-refractivity contribution in [2.75, 3.05) is 0 Å². The fourth-order valence-electron chi connectivity index (χ4n) is 0. The minimum atomic E-state index is 0. The topological polar surface area (TPSA) is 47.6 Å². The number of nitrogens with zero attached hydrogens (tertiary/aromatic N) is 2. The van der Waals surface area contributed by atoms with Gasteiger partial charge < -0.3 is 0 Å². The Bertz CT molecular complexity index is 68.7. The van der Waals surface area contributed by atoms with Crippen LogP contribution in [-0.2, 0) is 27.3 Å². The van der Waals surface area contributed by atoms with Crippen molar-refractivity contribution in [3.63, 3.8) is 0 Å². The van der Waals surface area contributed by atoms with Gasteiger partial charge in [-0.3, -0.25) is 0 Å². The fourth-order valence-corrected chi connectivity index (χ4v) is 0. The molecule has 5 heteroatoms. The van der Waals surface area contributed by atoms with Gasteiger partial charge in [0.25, 0.3) is 0 Å². The van der Waals surface area contributed by atoms with Crippen LogP contribution in [-0.4, -0.2) is 0 Å². The van der Waals surface area contributed by atoms with Gasteiger partial charge in [-0.05, 0) is 0 Å². The maximum absolute atomic E-state index is 7.18. The van der Waals surface area contributed by atoms with Crippen LogP contribution < -0.4 is 0 Å². The predicted molar refractivity (Wildman–Crippen MR) is 29.2 cm³/mol. The second kappa shape index (κ2) is 30.6. The third kappa shape index (κ3) is 386. The van der Waals surface area contributed by atoms with E-state index in [9.17, 15) is 0 Å². The molecule has 0 rings (SSSR count). The van der Waals surface area contributed by atoms with Crippen molar-refractivity contribution in [3.8, 4) is 10.8 Å². The summed E-state index contributed by atoms with van der Waals surface area (Å²) in [5.74, 6) is 0. The smallest absolute Gasteiger partial charge is 0.130 e. The zero-order valence-electron chi connectivity index (χ0n) is 3.50. The molecule has 0 aromatic carbocycles. The molecule has 0 spiro atoms. The van der Waals surface area contributed by atoms with E-state index in [1.54, 1.807) is 0 Å². The van der Waals surface area contributed by atoms with Gasteiger partial charge in [0, 0.05) is 27.3 Å². The van der Waals surface area contributed by atoms with Crippen LogP contribution in [0.5, 0.6) is 0 Å². The quantitative estimate of drug-likeness (QED) is 0.367. The minimum absolute atomic E-state index is 0. The summed E-state index contributed by atoms with van der Waals surface area (Å²) in [5.41, 5.74) is 0. The summed E-state index contributed by atoms with van der Waals surface area (Å²) in [6.07, 6.45) is 0. The largest absolute Gasteiger partial charge is 0.185 e. The van der Waals surface area contributed by atoms with Crippen molar-refractivity contribution in [3.05, 3.63) is 0 Å². The molecule has 2 nitrogen and oxygen atoms in total. The molecule has 0 aliphatic carbocycles. The second-order valence-electron chi connectivity index (χ2n) is 0.200. The van der Waals surface area contributed by atoms with Crippen molar-refractivity contribution in [2.24, 2.45) is 0 Å². The molecular weight excluding hydrogens is 229 g/mol. The monoisotopic (exact) mass is 232 g/mol. The Labute approximate surface area is 73.5 Å². The third-order valence-electron chi connectivity index (χ3n) is 0. The van der Waals surface area contributed by atoms with Crippen molar-refractivity contribution in [2.45, 2.75) is 0 Å². The first-order valence-corrected chi connectivity index (χ1v) is 1.79. The van der Waals surface area contributed by atoms with E-state index in [0.29, 0.717) is 0 Å². The maximum Gasteiger partial charge on any atom is 0.130 e. The fraction of sp³-hybridized carbons (Fsp3) is 0. The summed E-state index contributed by atoms with van der Waals surface area (Å²) in [4.78, 5) is 0. The van der Waals surface area contributed by atoms with E-state index in [4.69, 9.17) is 10.5 Å². The predicted octanol–water partition coefficient (Wildman–Crippen LogP) is 0.792. The second-order valence-corrected chi connectivity index (χ2v) is 0.600. The number of nitriles is 2. The van der Waals surface area contributed by atoms with Crippen LogP contribution in [0.25, 0.3) is 0 Å². The standard InChI is InChI=1S/2CHNS.Cd/c2*2-1-3;/h2*3H;. The summed E-state index contributed by atoms with van der Waals surface area (Å²) in [5, 5.41) is 17.3. The Morgan fingerprint density at radius 1 is 1.00 bits per heavy atom. The zero-order valence-corrected chi connectivity index (χ0v) is 9.32. The van der Waals surface area contributed by atoms with Crippen LogP contribution in [0, 0.1) is 21.3 Å². The van der Waals surface area contributed by atoms with Crippen molar-refractivity contribution in [1.82, 2.24) is 0 Å². The van der Waals surface area contributed by atoms with Gasteiger partial charge in [-0.2, -0.15) is 10.5 Å². The van der Waals surface area contributed by atoms with Crippen LogP contribution in [0.1, 0.15) is 0 Å². The molecule has 0 radical (unpaired) electrons. The molecule has 0 saturated carbocycles. The average molecular weight is 231 g/mol. The molecule has 0 fully saturated rings. The first-order valence-electron chi connectivity index (χ1n) is 0.894. The molecule has 0 aliphatic heterocycles. The average Bonchev–Trinajstić information content (AvgIpc) is 1.39. The molecule has 0 unspecified atom stereocenters. The van der Waals surface area contributed by atoms with Crippen LogP contribution in [0.2, 0.25) is 0 Å². The Morgan fingerprint density at radius 2 is 1.00 bits per heavy atom. The molecule has 0 saturated heterocycles. The van der Waals surface area contributed by atoms with Gasteiger partial charge in [0.2, 0.25) is 0 Å². The van der Waals surface area contributed by atoms with E-state index in [1.807, 2.05) is 0 Å². The van der Waals surface area contributed by atoms with Crippen LogP contribution in [0.15, 0.2) is 0 Å².